The summed E-state index contributed by atoms with van der Waals surface area (Å²) in [6.45, 7) is 0.784. The summed E-state index contributed by atoms with van der Waals surface area (Å²) in [6.07, 6.45) is 0.104. The van der Waals surface area contributed by atoms with Crippen molar-refractivity contribution in [1.29, 1.82) is 0 Å². The van der Waals surface area contributed by atoms with Gasteiger partial charge >= 0.3 is 0 Å². The number of benzene rings is 2. The fourth-order valence-corrected chi connectivity index (χ4v) is 3.97. The minimum atomic E-state index is -0.495. The topological polar surface area (TPSA) is 88.2 Å². The van der Waals surface area contributed by atoms with Crippen LogP contribution in [0.1, 0.15) is 12.0 Å². The lowest BCUT2D eigenvalue weighted by Gasteiger charge is -2.21. The maximum atomic E-state index is 13.6. The molecule has 4 rings (SSSR count). The highest BCUT2D eigenvalue weighted by Gasteiger charge is 2.36. The van der Waals surface area contributed by atoms with Crippen molar-refractivity contribution in [3.05, 3.63) is 53.8 Å². The van der Waals surface area contributed by atoms with Crippen molar-refractivity contribution in [2.45, 2.75) is 13.0 Å². The molecule has 2 aliphatic heterocycles. The van der Waals surface area contributed by atoms with E-state index >= 15 is 0 Å². The maximum Gasteiger partial charge on any atom is 0.260 e. The summed E-state index contributed by atoms with van der Waals surface area (Å²) in [7, 11) is 1.53. The molecule has 1 N–H and O–H groups in total. The number of para-hydroxylation sites is 2. The van der Waals surface area contributed by atoms with Gasteiger partial charge in [-0.25, -0.2) is 4.39 Å². The SMILES string of the molecule is COc1ccccc1N1CC(C(=O)NCCN2Cc3cc(F)ccc3OCC2=O)CC1=O. The second-order valence-corrected chi connectivity index (χ2v) is 7.72. The highest BCUT2D eigenvalue weighted by atomic mass is 19.1. The zero-order valence-corrected chi connectivity index (χ0v) is 17.7. The van der Waals surface area contributed by atoms with Crippen LogP contribution in [0.4, 0.5) is 10.1 Å². The largest absolute Gasteiger partial charge is 0.495 e. The van der Waals surface area contributed by atoms with E-state index in [1.807, 2.05) is 12.1 Å². The minimum Gasteiger partial charge on any atom is -0.495 e. The Kier molecular flexibility index (Phi) is 6.25. The Hall–Kier alpha value is -3.62. The van der Waals surface area contributed by atoms with E-state index in [9.17, 15) is 18.8 Å². The Bertz CT molecular complexity index is 1040. The van der Waals surface area contributed by atoms with Crippen molar-refractivity contribution in [3.8, 4) is 11.5 Å². The summed E-state index contributed by atoms with van der Waals surface area (Å²) in [5, 5.41) is 2.81. The van der Waals surface area contributed by atoms with Crippen LogP contribution in [0.2, 0.25) is 0 Å². The molecule has 0 spiro atoms. The highest BCUT2D eigenvalue weighted by molar-refractivity contribution is 6.01. The predicted octanol–water partition coefficient (Wildman–Crippen LogP) is 1.72. The number of nitrogens with one attached hydrogen (secondary N) is 1. The summed E-state index contributed by atoms with van der Waals surface area (Å²) in [5.74, 6) is -0.485. The van der Waals surface area contributed by atoms with Crippen molar-refractivity contribution in [2.75, 3.05) is 38.3 Å². The number of methoxy groups -OCH3 is 1. The van der Waals surface area contributed by atoms with Gasteiger partial charge in [0.2, 0.25) is 11.8 Å². The smallest absolute Gasteiger partial charge is 0.260 e. The molecule has 2 aromatic rings. The lowest BCUT2D eigenvalue weighted by atomic mass is 10.1. The van der Waals surface area contributed by atoms with Crippen LogP contribution >= 0.6 is 0 Å². The first-order chi connectivity index (χ1) is 15.5. The molecule has 0 aliphatic carbocycles. The second kappa shape index (κ2) is 9.25. The molecule has 168 valence electrons. The third-order valence-corrected chi connectivity index (χ3v) is 5.64. The third kappa shape index (κ3) is 4.51. The second-order valence-electron chi connectivity index (χ2n) is 7.72. The Balaban J connectivity index is 1.33. The number of hydrogen-bond donors (Lipinski definition) is 1. The standard InChI is InChI=1S/C23H24FN3O5/c1-31-20-5-3-2-4-18(20)27-13-16(11-21(27)28)23(30)25-8-9-26-12-15-10-17(24)6-7-19(15)32-14-22(26)29/h2-7,10,16H,8-9,11-14H2,1H3,(H,25,30). The van der Waals surface area contributed by atoms with E-state index < -0.39 is 11.7 Å². The molecule has 2 aliphatic rings. The maximum absolute atomic E-state index is 13.6. The number of amides is 3. The summed E-state index contributed by atoms with van der Waals surface area (Å²) in [4.78, 5) is 40.6. The number of ether oxygens (including phenoxy) is 2. The molecule has 32 heavy (non-hydrogen) atoms. The molecule has 0 bridgehead atoms. The summed E-state index contributed by atoms with van der Waals surface area (Å²) < 4.78 is 24.3. The van der Waals surface area contributed by atoms with Gasteiger partial charge in [-0.15, -0.1) is 0 Å². The Morgan fingerprint density at radius 2 is 2.03 bits per heavy atom. The van der Waals surface area contributed by atoms with Crippen LogP contribution in [0.5, 0.6) is 11.5 Å². The van der Waals surface area contributed by atoms with Crippen LogP contribution in [0.15, 0.2) is 42.5 Å². The van der Waals surface area contributed by atoms with Gasteiger partial charge in [-0.2, -0.15) is 0 Å². The summed E-state index contributed by atoms with van der Waals surface area (Å²) >= 11 is 0. The van der Waals surface area contributed by atoms with E-state index in [2.05, 4.69) is 5.32 Å². The van der Waals surface area contributed by atoms with Gasteiger partial charge in [-0.05, 0) is 30.3 Å². The van der Waals surface area contributed by atoms with Crippen molar-refractivity contribution in [1.82, 2.24) is 10.2 Å². The molecule has 0 saturated carbocycles. The zero-order valence-electron chi connectivity index (χ0n) is 17.7. The number of nitrogens with zero attached hydrogens (tertiary/aromatic N) is 2. The number of halogens is 1. The van der Waals surface area contributed by atoms with Crippen LogP contribution in [0.25, 0.3) is 0 Å². The predicted molar refractivity (Wildman–Crippen MR) is 114 cm³/mol. The summed E-state index contributed by atoms with van der Waals surface area (Å²) in [6, 6.07) is 11.3. The number of fused-ring (bicyclic) bond motifs is 1. The average Bonchev–Trinajstić information content (AvgIpc) is 3.11. The van der Waals surface area contributed by atoms with Crippen molar-refractivity contribution in [2.24, 2.45) is 5.92 Å². The number of anilines is 1. The summed E-state index contributed by atoms with van der Waals surface area (Å²) in [5.41, 5.74) is 1.22. The Labute approximate surface area is 184 Å². The normalized spacial score (nSPS) is 18.1. The minimum absolute atomic E-state index is 0.104. The first kappa shape index (κ1) is 21.6. The lowest BCUT2D eigenvalue weighted by molar-refractivity contribution is -0.133. The molecule has 0 radical (unpaired) electrons. The fourth-order valence-electron chi connectivity index (χ4n) is 3.97. The lowest BCUT2D eigenvalue weighted by Crippen LogP contribution is -2.41. The van der Waals surface area contributed by atoms with E-state index in [1.165, 1.54) is 30.2 Å². The first-order valence-corrected chi connectivity index (χ1v) is 10.4. The van der Waals surface area contributed by atoms with Gasteiger partial charge in [0.15, 0.2) is 6.61 Å². The first-order valence-electron chi connectivity index (χ1n) is 10.4. The number of carbonyl (C=O) groups excluding carboxylic acids is 3. The molecule has 1 atom stereocenters. The molecule has 2 heterocycles. The van der Waals surface area contributed by atoms with Crippen LogP contribution in [-0.4, -0.2) is 56.0 Å². The van der Waals surface area contributed by atoms with Crippen LogP contribution in [0, 0.1) is 11.7 Å². The Morgan fingerprint density at radius 3 is 2.84 bits per heavy atom. The number of hydrogen-bond acceptors (Lipinski definition) is 5. The molecule has 3 amide bonds. The van der Waals surface area contributed by atoms with E-state index in [0.717, 1.165) is 0 Å². The van der Waals surface area contributed by atoms with Gasteiger partial charge in [0.1, 0.15) is 17.3 Å². The molecular formula is C23H24FN3O5. The molecule has 1 saturated heterocycles. The third-order valence-electron chi connectivity index (χ3n) is 5.64. The monoisotopic (exact) mass is 441 g/mol. The quantitative estimate of drug-likeness (QED) is 0.738. The van der Waals surface area contributed by atoms with Crippen molar-refractivity contribution >= 4 is 23.4 Å². The number of carbonyl (C=O) groups is 3. The van der Waals surface area contributed by atoms with Gasteiger partial charge in [0, 0.05) is 38.2 Å². The average molecular weight is 441 g/mol. The molecule has 8 nitrogen and oxygen atoms in total. The van der Waals surface area contributed by atoms with Crippen LogP contribution in [0.3, 0.4) is 0 Å². The van der Waals surface area contributed by atoms with Crippen molar-refractivity contribution in [3.63, 3.8) is 0 Å². The van der Waals surface area contributed by atoms with Gasteiger partial charge in [0.25, 0.3) is 5.91 Å². The van der Waals surface area contributed by atoms with E-state index in [0.29, 0.717) is 22.7 Å². The molecule has 9 heteroatoms. The highest BCUT2D eigenvalue weighted by Crippen LogP contribution is 2.32. The Morgan fingerprint density at radius 1 is 1.22 bits per heavy atom. The fraction of sp³-hybridized carbons (Fsp3) is 0.348. The molecule has 2 aromatic carbocycles. The molecule has 0 aromatic heterocycles. The number of rotatable bonds is 6. The van der Waals surface area contributed by atoms with Crippen molar-refractivity contribution < 1.29 is 28.2 Å². The van der Waals surface area contributed by atoms with Crippen LogP contribution in [-0.2, 0) is 20.9 Å². The van der Waals surface area contributed by atoms with E-state index in [-0.39, 0.29) is 56.9 Å². The van der Waals surface area contributed by atoms with Gasteiger partial charge in [0.05, 0.1) is 18.7 Å². The van der Waals surface area contributed by atoms with E-state index in [1.54, 1.807) is 17.0 Å². The molecular weight excluding hydrogens is 417 g/mol. The molecule has 1 unspecified atom stereocenters. The van der Waals surface area contributed by atoms with Gasteiger partial charge in [-0.1, -0.05) is 12.1 Å². The van der Waals surface area contributed by atoms with Gasteiger partial charge < -0.3 is 24.6 Å². The van der Waals surface area contributed by atoms with Crippen LogP contribution < -0.4 is 19.7 Å². The van der Waals surface area contributed by atoms with Gasteiger partial charge in [-0.3, -0.25) is 14.4 Å². The van der Waals surface area contributed by atoms with E-state index in [4.69, 9.17) is 9.47 Å². The molecule has 1 fully saturated rings. The zero-order chi connectivity index (χ0) is 22.7.